The molecule has 1 rings (SSSR count). The molecule has 0 saturated carbocycles. The second-order valence-electron chi connectivity index (χ2n) is 2.77. The molecule has 0 bridgehead atoms. The van der Waals surface area contributed by atoms with Crippen LogP contribution in [-0.4, -0.2) is 7.85 Å². The van der Waals surface area contributed by atoms with Crippen LogP contribution in [0, 0.1) is 13.8 Å². The summed E-state index contributed by atoms with van der Waals surface area (Å²) in [5, 5.41) is 0. The van der Waals surface area contributed by atoms with Crippen molar-refractivity contribution in [1.29, 1.82) is 0 Å². The summed E-state index contributed by atoms with van der Waals surface area (Å²) in [6.45, 7) is 7.78. The van der Waals surface area contributed by atoms with Crippen molar-refractivity contribution in [3.63, 3.8) is 0 Å². The number of hydrogen-bond donors (Lipinski definition) is 0. The normalized spacial score (nSPS) is 9.64. The number of benzene rings is 1. The summed E-state index contributed by atoms with van der Waals surface area (Å²) in [5.74, 6) is 0. The second kappa shape index (κ2) is 2.95. The van der Waals surface area contributed by atoms with Gasteiger partial charge in [0.1, 0.15) is 7.85 Å². The largest absolute Gasteiger partial charge is 0.114 e. The zero-order chi connectivity index (χ0) is 8.43. The Morgan fingerprint density at radius 1 is 1.27 bits per heavy atom. The quantitative estimate of drug-likeness (QED) is 0.524. The van der Waals surface area contributed by atoms with E-state index in [-0.39, 0.29) is 0 Å². The maximum absolute atomic E-state index is 5.72. The topological polar surface area (TPSA) is 0 Å². The van der Waals surface area contributed by atoms with Gasteiger partial charge in [-0.25, -0.2) is 0 Å². The first kappa shape index (κ1) is 8.12. The molecule has 0 amide bonds. The molecule has 0 aliphatic rings. The first-order valence-corrected chi connectivity index (χ1v) is 3.64. The smallest absolute Gasteiger partial charge is 0.0985 e. The van der Waals surface area contributed by atoms with Crippen molar-refractivity contribution in [2.24, 2.45) is 0 Å². The third-order valence-electron chi connectivity index (χ3n) is 1.87. The molecule has 0 N–H and O–H groups in total. The lowest BCUT2D eigenvalue weighted by molar-refractivity contribution is 1.39. The van der Waals surface area contributed by atoms with E-state index in [0.717, 1.165) is 16.6 Å². The summed E-state index contributed by atoms with van der Waals surface area (Å²) in [7, 11) is 5.72. The Morgan fingerprint density at radius 2 is 1.91 bits per heavy atom. The van der Waals surface area contributed by atoms with Crippen molar-refractivity contribution in [3.05, 3.63) is 35.4 Å². The number of rotatable bonds is 1. The van der Waals surface area contributed by atoms with Gasteiger partial charge in [0.15, 0.2) is 0 Å². The Kier molecular flexibility index (Phi) is 2.18. The minimum atomic E-state index is 0.838. The van der Waals surface area contributed by atoms with E-state index < -0.39 is 0 Å². The van der Waals surface area contributed by atoms with Crippen LogP contribution in [0.2, 0.25) is 0 Å². The van der Waals surface area contributed by atoms with Gasteiger partial charge in [-0.05, 0) is 25.0 Å². The fourth-order valence-corrected chi connectivity index (χ4v) is 1.11. The Labute approximate surface area is 69.4 Å². The van der Waals surface area contributed by atoms with Crippen LogP contribution in [0.4, 0.5) is 0 Å². The highest BCUT2D eigenvalue weighted by atomic mass is 14.0. The maximum atomic E-state index is 5.72. The minimum Gasteiger partial charge on any atom is -0.0985 e. The number of aryl methyl sites for hydroxylation is 2. The highest BCUT2D eigenvalue weighted by Gasteiger charge is 1.96. The first-order valence-electron chi connectivity index (χ1n) is 3.64. The van der Waals surface area contributed by atoms with Crippen LogP contribution in [0.25, 0.3) is 6.08 Å². The van der Waals surface area contributed by atoms with Crippen molar-refractivity contribution in [2.75, 3.05) is 0 Å². The van der Waals surface area contributed by atoms with Gasteiger partial charge in [0, 0.05) is 0 Å². The van der Waals surface area contributed by atoms with Gasteiger partial charge in [-0.2, -0.15) is 0 Å². The molecule has 54 valence electrons. The van der Waals surface area contributed by atoms with Crippen LogP contribution in [0.1, 0.15) is 16.7 Å². The molecule has 0 spiro atoms. The highest BCUT2D eigenvalue weighted by Crippen LogP contribution is 2.08. The SMILES string of the molecule is [B]c1cc(C=C)c(C)cc1C. The fourth-order valence-electron chi connectivity index (χ4n) is 1.11. The van der Waals surface area contributed by atoms with Crippen LogP contribution < -0.4 is 5.46 Å². The highest BCUT2D eigenvalue weighted by molar-refractivity contribution is 6.33. The van der Waals surface area contributed by atoms with E-state index >= 15 is 0 Å². The third kappa shape index (κ3) is 1.54. The third-order valence-corrected chi connectivity index (χ3v) is 1.87. The molecular formula is C10H11B. The summed E-state index contributed by atoms with van der Waals surface area (Å²) in [6, 6.07) is 4.03. The van der Waals surface area contributed by atoms with Crippen LogP contribution in [0.3, 0.4) is 0 Å². The Hall–Kier alpha value is -0.975. The monoisotopic (exact) mass is 142 g/mol. The Balaban J connectivity index is 3.31. The Morgan fingerprint density at radius 3 is 2.45 bits per heavy atom. The van der Waals surface area contributed by atoms with Crippen LogP contribution in [0.15, 0.2) is 18.7 Å². The van der Waals surface area contributed by atoms with Crippen LogP contribution >= 0.6 is 0 Å². The zero-order valence-corrected chi connectivity index (χ0v) is 7.02. The molecule has 0 unspecified atom stereocenters. The molecule has 0 aliphatic carbocycles. The summed E-state index contributed by atoms with van der Waals surface area (Å²) >= 11 is 0. The van der Waals surface area contributed by atoms with Gasteiger partial charge in [-0.15, -0.1) is 0 Å². The van der Waals surface area contributed by atoms with Gasteiger partial charge in [0.25, 0.3) is 0 Å². The van der Waals surface area contributed by atoms with Gasteiger partial charge >= 0.3 is 0 Å². The average molecular weight is 142 g/mol. The van der Waals surface area contributed by atoms with Crippen molar-refractivity contribution in [1.82, 2.24) is 0 Å². The van der Waals surface area contributed by atoms with E-state index in [2.05, 4.69) is 19.6 Å². The van der Waals surface area contributed by atoms with E-state index in [1.807, 2.05) is 19.1 Å². The average Bonchev–Trinajstić information content (AvgIpc) is 1.97. The van der Waals surface area contributed by atoms with Crippen molar-refractivity contribution < 1.29 is 0 Å². The molecule has 2 radical (unpaired) electrons. The standard InChI is InChI=1S/C10H11B/c1-4-9-6-10(11)8(3)5-7(9)2/h4-6H,1H2,2-3H3. The molecule has 0 nitrogen and oxygen atoms in total. The van der Waals surface area contributed by atoms with Gasteiger partial charge in [-0.1, -0.05) is 35.8 Å². The van der Waals surface area contributed by atoms with Crippen LogP contribution in [0.5, 0.6) is 0 Å². The molecule has 0 aromatic heterocycles. The lowest BCUT2D eigenvalue weighted by Gasteiger charge is -2.05. The molecule has 1 heteroatoms. The molecule has 0 heterocycles. The summed E-state index contributed by atoms with van der Waals surface area (Å²) in [6.07, 6.45) is 1.82. The lowest BCUT2D eigenvalue weighted by atomic mass is 9.88. The van der Waals surface area contributed by atoms with Crippen molar-refractivity contribution in [3.8, 4) is 0 Å². The van der Waals surface area contributed by atoms with Gasteiger partial charge in [0.2, 0.25) is 0 Å². The first-order chi connectivity index (χ1) is 5.15. The molecule has 11 heavy (non-hydrogen) atoms. The lowest BCUT2D eigenvalue weighted by Crippen LogP contribution is -2.08. The molecule has 1 aromatic rings. The summed E-state index contributed by atoms with van der Waals surface area (Å²) < 4.78 is 0. The minimum absolute atomic E-state index is 0.838. The van der Waals surface area contributed by atoms with Gasteiger partial charge in [-0.3, -0.25) is 0 Å². The van der Waals surface area contributed by atoms with E-state index in [1.54, 1.807) is 0 Å². The maximum Gasteiger partial charge on any atom is 0.114 e. The fraction of sp³-hybridized carbons (Fsp3) is 0.200. The predicted octanol–water partition coefficient (Wildman–Crippen LogP) is 1.74. The van der Waals surface area contributed by atoms with E-state index in [9.17, 15) is 0 Å². The number of hydrogen-bond acceptors (Lipinski definition) is 0. The Bertz CT molecular complexity index is 287. The zero-order valence-electron chi connectivity index (χ0n) is 7.02. The molecule has 0 aliphatic heterocycles. The van der Waals surface area contributed by atoms with E-state index in [1.165, 1.54) is 5.56 Å². The van der Waals surface area contributed by atoms with Crippen molar-refractivity contribution >= 4 is 19.4 Å². The van der Waals surface area contributed by atoms with E-state index in [0.29, 0.717) is 0 Å². The van der Waals surface area contributed by atoms with Gasteiger partial charge in [0.05, 0.1) is 0 Å². The predicted molar refractivity (Wildman–Crippen MR) is 51.4 cm³/mol. The second-order valence-corrected chi connectivity index (χ2v) is 2.77. The molecule has 0 saturated heterocycles. The molecule has 0 atom stereocenters. The van der Waals surface area contributed by atoms with Crippen LogP contribution in [-0.2, 0) is 0 Å². The summed E-state index contributed by atoms with van der Waals surface area (Å²) in [4.78, 5) is 0. The molecule has 1 aromatic carbocycles. The molecular weight excluding hydrogens is 131 g/mol. The van der Waals surface area contributed by atoms with E-state index in [4.69, 9.17) is 7.85 Å². The summed E-state index contributed by atoms with van der Waals surface area (Å²) in [5.41, 5.74) is 4.32. The van der Waals surface area contributed by atoms with Gasteiger partial charge < -0.3 is 0 Å². The molecule has 0 fully saturated rings. The van der Waals surface area contributed by atoms with Crippen molar-refractivity contribution in [2.45, 2.75) is 13.8 Å².